The molecule has 0 atom stereocenters. The zero-order valence-corrected chi connectivity index (χ0v) is 11.8. The Morgan fingerprint density at radius 3 is 2.95 bits per heavy atom. The molecule has 3 heteroatoms. The van der Waals surface area contributed by atoms with Crippen molar-refractivity contribution in [3.8, 4) is 5.75 Å². The van der Waals surface area contributed by atoms with Crippen molar-refractivity contribution in [2.75, 3.05) is 31.5 Å². The molecule has 0 aliphatic carbocycles. The van der Waals surface area contributed by atoms with Crippen molar-refractivity contribution in [3.05, 3.63) is 23.8 Å². The van der Waals surface area contributed by atoms with E-state index in [-0.39, 0.29) is 0 Å². The largest absolute Gasteiger partial charge is 0.490 e. The van der Waals surface area contributed by atoms with E-state index < -0.39 is 0 Å². The second-order valence-electron chi connectivity index (χ2n) is 5.60. The molecular weight excluding hydrogens is 236 g/mol. The van der Waals surface area contributed by atoms with Crippen molar-refractivity contribution >= 4 is 5.69 Å². The van der Waals surface area contributed by atoms with Crippen LogP contribution in [0.5, 0.6) is 5.75 Å². The van der Waals surface area contributed by atoms with Crippen molar-refractivity contribution in [1.82, 2.24) is 4.90 Å². The summed E-state index contributed by atoms with van der Waals surface area (Å²) < 4.78 is 6.15. The summed E-state index contributed by atoms with van der Waals surface area (Å²) in [6.07, 6.45) is 5.13. The number of piperidine rings is 1. The molecule has 1 aromatic rings. The summed E-state index contributed by atoms with van der Waals surface area (Å²) in [5.41, 5.74) is 2.70. The maximum Gasteiger partial charge on any atom is 0.121 e. The van der Waals surface area contributed by atoms with Gasteiger partial charge in [0.25, 0.3) is 0 Å². The topological polar surface area (TPSA) is 24.5 Å². The SMILES string of the molecule is CCN1CCC(Oc2ccc3c(c2)NCCC3)CC1. The monoisotopic (exact) mass is 260 g/mol. The average Bonchev–Trinajstić information content (AvgIpc) is 2.48. The molecule has 2 heterocycles. The van der Waals surface area contributed by atoms with Gasteiger partial charge in [-0.1, -0.05) is 13.0 Å². The number of anilines is 1. The van der Waals surface area contributed by atoms with Gasteiger partial charge in [-0.15, -0.1) is 0 Å². The predicted molar refractivity (Wildman–Crippen MR) is 79.0 cm³/mol. The molecule has 0 aromatic heterocycles. The Bertz CT molecular complexity index is 425. The van der Waals surface area contributed by atoms with E-state index in [2.05, 4.69) is 35.3 Å². The lowest BCUT2D eigenvalue weighted by molar-refractivity contribution is 0.104. The second-order valence-corrected chi connectivity index (χ2v) is 5.60. The molecule has 2 aliphatic rings. The van der Waals surface area contributed by atoms with Crippen LogP contribution in [0.3, 0.4) is 0 Å². The summed E-state index contributed by atoms with van der Waals surface area (Å²) in [6, 6.07) is 6.54. The summed E-state index contributed by atoms with van der Waals surface area (Å²) in [5.74, 6) is 1.03. The van der Waals surface area contributed by atoms with Gasteiger partial charge in [0.05, 0.1) is 0 Å². The van der Waals surface area contributed by atoms with E-state index in [1.54, 1.807) is 0 Å². The summed E-state index contributed by atoms with van der Waals surface area (Å²) in [4.78, 5) is 2.49. The molecule has 2 aliphatic heterocycles. The van der Waals surface area contributed by atoms with Gasteiger partial charge in [0.1, 0.15) is 11.9 Å². The van der Waals surface area contributed by atoms with Crippen LogP contribution in [-0.2, 0) is 6.42 Å². The number of nitrogens with zero attached hydrogens (tertiary/aromatic N) is 1. The lowest BCUT2D eigenvalue weighted by Crippen LogP contribution is -2.38. The Morgan fingerprint density at radius 2 is 2.16 bits per heavy atom. The zero-order chi connectivity index (χ0) is 13.1. The molecule has 0 radical (unpaired) electrons. The van der Waals surface area contributed by atoms with E-state index in [0.29, 0.717) is 6.10 Å². The quantitative estimate of drug-likeness (QED) is 0.904. The molecule has 1 aromatic carbocycles. The Hall–Kier alpha value is -1.22. The molecule has 19 heavy (non-hydrogen) atoms. The number of rotatable bonds is 3. The number of likely N-dealkylation sites (tertiary alicyclic amines) is 1. The van der Waals surface area contributed by atoms with E-state index in [1.807, 2.05) is 0 Å². The third-order valence-corrected chi connectivity index (χ3v) is 4.30. The third-order valence-electron chi connectivity index (χ3n) is 4.30. The lowest BCUT2D eigenvalue weighted by atomic mass is 10.0. The number of aryl methyl sites for hydroxylation is 1. The van der Waals surface area contributed by atoms with Crippen LogP contribution in [0.15, 0.2) is 18.2 Å². The van der Waals surface area contributed by atoms with E-state index in [1.165, 1.54) is 37.2 Å². The Morgan fingerprint density at radius 1 is 1.32 bits per heavy atom. The summed E-state index contributed by atoms with van der Waals surface area (Å²) in [6.45, 7) is 6.83. The predicted octanol–water partition coefficient (Wildman–Crippen LogP) is 2.91. The minimum absolute atomic E-state index is 0.393. The number of fused-ring (bicyclic) bond motifs is 1. The van der Waals surface area contributed by atoms with Crippen LogP contribution in [0.4, 0.5) is 5.69 Å². The van der Waals surface area contributed by atoms with Crippen LogP contribution in [0.25, 0.3) is 0 Å². The van der Waals surface area contributed by atoms with Crippen LogP contribution >= 0.6 is 0 Å². The van der Waals surface area contributed by atoms with Gasteiger partial charge < -0.3 is 15.0 Å². The highest BCUT2D eigenvalue weighted by molar-refractivity contribution is 5.56. The molecule has 1 N–H and O–H groups in total. The Kier molecular flexibility index (Phi) is 3.92. The summed E-state index contributed by atoms with van der Waals surface area (Å²) >= 11 is 0. The van der Waals surface area contributed by atoms with Gasteiger partial charge in [-0.25, -0.2) is 0 Å². The normalized spacial score (nSPS) is 20.7. The van der Waals surface area contributed by atoms with Crippen molar-refractivity contribution in [3.63, 3.8) is 0 Å². The van der Waals surface area contributed by atoms with Crippen molar-refractivity contribution in [1.29, 1.82) is 0 Å². The summed E-state index contributed by atoms with van der Waals surface area (Å²) in [7, 11) is 0. The van der Waals surface area contributed by atoms with Crippen molar-refractivity contribution < 1.29 is 4.74 Å². The Balaban J connectivity index is 1.61. The maximum absolute atomic E-state index is 6.15. The first-order valence-corrected chi connectivity index (χ1v) is 7.61. The molecule has 0 bridgehead atoms. The van der Waals surface area contributed by atoms with Crippen LogP contribution in [0.1, 0.15) is 31.7 Å². The van der Waals surface area contributed by atoms with Crippen LogP contribution in [-0.4, -0.2) is 37.2 Å². The molecule has 0 saturated carbocycles. The van der Waals surface area contributed by atoms with E-state index in [4.69, 9.17) is 4.74 Å². The molecule has 0 spiro atoms. The van der Waals surface area contributed by atoms with E-state index in [9.17, 15) is 0 Å². The highest BCUT2D eigenvalue weighted by Gasteiger charge is 2.19. The number of nitrogens with one attached hydrogen (secondary N) is 1. The van der Waals surface area contributed by atoms with Crippen molar-refractivity contribution in [2.45, 2.75) is 38.7 Å². The molecule has 1 fully saturated rings. The molecule has 3 nitrogen and oxygen atoms in total. The zero-order valence-electron chi connectivity index (χ0n) is 11.8. The number of hydrogen-bond donors (Lipinski definition) is 1. The number of ether oxygens (including phenoxy) is 1. The third kappa shape index (κ3) is 3.03. The first kappa shape index (κ1) is 12.8. The summed E-state index contributed by atoms with van der Waals surface area (Å²) in [5, 5.41) is 3.47. The molecule has 0 unspecified atom stereocenters. The van der Waals surface area contributed by atoms with Crippen molar-refractivity contribution in [2.24, 2.45) is 0 Å². The Labute approximate surface area is 115 Å². The molecule has 104 valence electrons. The fourth-order valence-corrected chi connectivity index (χ4v) is 3.05. The number of benzene rings is 1. The standard InChI is InChI=1S/C16H24N2O/c1-2-18-10-7-14(8-11-18)19-15-6-5-13-4-3-9-17-16(13)12-15/h5-6,12,14,17H,2-4,7-11H2,1H3. The molecule has 3 rings (SSSR count). The van der Waals surface area contributed by atoms with Gasteiger partial charge >= 0.3 is 0 Å². The molecule has 0 amide bonds. The van der Waals surface area contributed by atoms with Crippen LogP contribution in [0, 0.1) is 0 Å². The van der Waals surface area contributed by atoms with Gasteiger partial charge in [-0.05, 0) is 43.9 Å². The highest BCUT2D eigenvalue weighted by Crippen LogP contribution is 2.28. The van der Waals surface area contributed by atoms with Crippen LogP contribution < -0.4 is 10.1 Å². The first-order chi connectivity index (χ1) is 9.35. The minimum Gasteiger partial charge on any atom is -0.490 e. The minimum atomic E-state index is 0.393. The second kappa shape index (κ2) is 5.83. The molecular formula is C16H24N2O. The van der Waals surface area contributed by atoms with E-state index >= 15 is 0 Å². The smallest absolute Gasteiger partial charge is 0.121 e. The fourth-order valence-electron chi connectivity index (χ4n) is 3.05. The average molecular weight is 260 g/mol. The van der Waals surface area contributed by atoms with Crippen LogP contribution in [0.2, 0.25) is 0 Å². The van der Waals surface area contributed by atoms with E-state index in [0.717, 1.165) is 31.7 Å². The van der Waals surface area contributed by atoms with Gasteiger partial charge in [-0.2, -0.15) is 0 Å². The fraction of sp³-hybridized carbons (Fsp3) is 0.625. The van der Waals surface area contributed by atoms with Gasteiger partial charge in [0.15, 0.2) is 0 Å². The van der Waals surface area contributed by atoms with Gasteiger partial charge in [0, 0.05) is 31.4 Å². The molecule has 1 saturated heterocycles. The van der Waals surface area contributed by atoms with Gasteiger partial charge in [-0.3, -0.25) is 0 Å². The van der Waals surface area contributed by atoms with Gasteiger partial charge in [0.2, 0.25) is 0 Å². The first-order valence-electron chi connectivity index (χ1n) is 7.61. The number of hydrogen-bond acceptors (Lipinski definition) is 3. The maximum atomic E-state index is 6.15. The lowest BCUT2D eigenvalue weighted by Gasteiger charge is -2.31. The highest BCUT2D eigenvalue weighted by atomic mass is 16.5.